The number of hydrogen-bond donors (Lipinski definition) is 0. The summed E-state index contributed by atoms with van der Waals surface area (Å²) in [5, 5.41) is 4.96. The highest BCUT2D eigenvalue weighted by atomic mass is 35.5. The molecule has 0 N–H and O–H groups in total. The molecule has 24 heavy (non-hydrogen) atoms. The molecule has 120 valence electrons. The summed E-state index contributed by atoms with van der Waals surface area (Å²) in [6, 6.07) is 17.2. The Bertz CT molecular complexity index is 893. The first-order valence-electron chi connectivity index (χ1n) is 7.66. The van der Waals surface area contributed by atoms with Gasteiger partial charge in [-0.1, -0.05) is 59.6 Å². The van der Waals surface area contributed by atoms with E-state index in [1.807, 2.05) is 68.4 Å². The number of carbonyl (C=O) groups excluding carboxylic acids is 1. The van der Waals surface area contributed by atoms with Gasteiger partial charge >= 0.3 is 0 Å². The van der Waals surface area contributed by atoms with Gasteiger partial charge in [0.2, 0.25) is 0 Å². The van der Waals surface area contributed by atoms with Crippen molar-refractivity contribution in [3.63, 3.8) is 0 Å². The molecular weight excluding hydrogens is 320 g/mol. The molecular formula is C20H17ClN2O. The van der Waals surface area contributed by atoms with Crippen molar-refractivity contribution in [3.8, 4) is 5.69 Å². The summed E-state index contributed by atoms with van der Waals surface area (Å²) >= 11 is 6.45. The Hall–Kier alpha value is -2.65. The Morgan fingerprint density at radius 1 is 1.04 bits per heavy atom. The van der Waals surface area contributed by atoms with Gasteiger partial charge in [-0.25, -0.2) is 4.68 Å². The number of carbonyl (C=O) groups is 1. The van der Waals surface area contributed by atoms with Crippen LogP contribution in [0.25, 0.3) is 11.8 Å². The largest absolute Gasteiger partial charge is 0.289 e. The monoisotopic (exact) mass is 336 g/mol. The van der Waals surface area contributed by atoms with Gasteiger partial charge in [0.25, 0.3) is 0 Å². The molecule has 2 aromatic carbocycles. The molecule has 0 atom stereocenters. The van der Waals surface area contributed by atoms with E-state index in [1.165, 1.54) is 6.08 Å². The summed E-state index contributed by atoms with van der Waals surface area (Å²) in [4.78, 5) is 12.3. The lowest BCUT2D eigenvalue weighted by Gasteiger charge is -2.02. The molecule has 0 saturated carbocycles. The summed E-state index contributed by atoms with van der Waals surface area (Å²) in [5.74, 6) is -0.0575. The van der Waals surface area contributed by atoms with Crippen LogP contribution in [0, 0.1) is 13.8 Å². The van der Waals surface area contributed by atoms with Crippen molar-refractivity contribution in [1.82, 2.24) is 9.78 Å². The van der Waals surface area contributed by atoms with Crippen molar-refractivity contribution in [3.05, 3.63) is 88.2 Å². The molecule has 0 amide bonds. The summed E-state index contributed by atoms with van der Waals surface area (Å²) in [6.45, 7) is 3.87. The second kappa shape index (κ2) is 6.85. The van der Waals surface area contributed by atoms with Crippen LogP contribution in [0.15, 0.2) is 60.7 Å². The van der Waals surface area contributed by atoms with Gasteiger partial charge in [0, 0.05) is 11.1 Å². The third-order valence-corrected chi connectivity index (χ3v) is 4.15. The molecule has 0 bridgehead atoms. The topological polar surface area (TPSA) is 34.9 Å². The first-order chi connectivity index (χ1) is 11.6. The molecule has 0 aliphatic rings. The normalized spacial score (nSPS) is 11.1. The van der Waals surface area contributed by atoms with Gasteiger partial charge in [0.15, 0.2) is 5.78 Å². The lowest BCUT2D eigenvalue weighted by Crippen LogP contribution is -1.96. The summed E-state index contributed by atoms with van der Waals surface area (Å²) < 4.78 is 1.67. The number of nitrogens with zero attached hydrogens (tertiary/aromatic N) is 2. The maximum Gasteiger partial charge on any atom is 0.185 e. The number of ketones is 1. The molecule has 3 rings (SSSR count). The molecule has 0 unspecified atom stereocenters. The van der Waals surface area contributed by atoms with Crippen molar-refractivity contribution in [2.45, 2.75) is 13.8 Å². The van der Waals surface area contributed by atoms with E-state index in [9.17, 15) is 4.79 Å². The van der Waals surface area contributed by atoms with E-state index in [0.717, 1.165) is 22.5 Å². The highest BCUT2D eigenvalue weighted by molar-refractivity contribution is 6.31. The number of allylic oxidation sites excluding steroid dienone is 1. The number of hydrogen-bond acceptors (Lipinski definition) is 2. The average Bonchev–Trinajstić information content (AvgIpc) is 2.88. The lowest BCUT2D eigenvalue weighted by atomic mass is 10.1. The van der Waals surface area contributed by atoms with Crippen molar-refractivity contribution in [2.75, 3.05) is 0 Å². The Morgan fingerprint density at radius 2 is 1.71 bits per heavy atom. The van der Waals surface area contributed by atoms with Gasteiger partial charge in [-0.3, -0.25) is 4.79 Å². The number of aryl methyl sites for hydroxylation is 2. The van der Waals surface area contributed by atoms with E-state index in [1.54, 1.807) is 10.8 Å². The predicted octanol–water partition coefficient (Wildman–Crippen LogP) is 5.04. The minimum Gasteiger partial charge on any atom is -0.289 e. The van der Waals surface area contributed by atoms with Crippen LogP contribution in [-0.2, 0) is 0 Å². The van der Waals surface area contributed by atoms with Crippen molar-refractivity contribution in [2.24, 2.45) is 0 Å². The second-order valence-corrected chi connectivity index (χ2v) is 5.96. The Labute approximate surface area is 146 Å². The van der Waals surface area contributed by atoms with Crippen LogP contribution in [0.4, 0.5) is 0 Å². The first kappa shape index (κ1) is 16.2. The van der Waals surface area contributed by atoms with Gasteiger partial charge in [-0.05, 0) is 38.1 Å². The fourth-order valence-corrected chi connectivity index (χ4v) is 2.75. The lowest BCUT2D eigenvalue weighted by molar-refractivity contribution is 0.104. The zero-order valence-electron chi connectivity index (χ0n) is 13.5. The Balaban J connectivity index is 1.89. The standard InChI is InChI=1S/C20H17ClN2O/c1-14-8-10-16(11-9-14)19(24)13-12-18-15(2)22-23(20(18)21)17-6-4-3-5-7-17/h3-13H,1-2H3. The molecule has 0 fully saturated rings. The number of aromatic nitrogens is 2. The van der Waals surface area contributed by atoms with Gasteiger partial charge in [-0.2, -0.15) is 5.10 Å². The third-order valence-electron chi connectivity index (χ3n) is 3.79. The molecule has 3 aromatic rings. The van der Waals surface area contributed by atoms with E-state index in [-0.39, 0.29) is 5.78 Å². The van der Waals surface area contributed by atoms with Crippen LogP contribution in [-0.4, -0.2) is 15.6 Å². The van der Waals surface area contributed by atoms with Crippen LogP contribution < -0.4 is 0 Å². The molecule has 0 radical (unpaired) electrons. The second-order valence-electron chi connectivity index (χ2n) is 5.60. The predicted molar refractivity (Wildman–Crippen MR) is 97.9 cm³/mol. The minimum atomic E-state index is -0.0575. The number of benzene rings is 2. The van der Waals surface area contributed by atoms with Gasteiger partial charge in [0.1, 0.15) is 5.15 Å². The SMILES string of the molecule is Cc1ccc(C(=O)C=Cc2c(C)nn(-c3ccccc3)c2Cl)cc1. The summed E-state index contributed by atoms with van der Waals surface area (Å²) in [5.41, 5.74) is 4.19. The zero-order valence-corrected chi connectivity index (χ0v) is 14.3. The van der Waals surface area contributed by atoms with Gasteiger partial charge in [-0.15, -0.1) is 0 Å². The molecule has 0 saturated heterocycles. The minimum absolute atomic E-state index is 0.0575. The van der Waals surface area contributed by atoms with E-state index >= 15 is 0 Å². The molecule has 4 heteroatoms. The van der Waals surface area contributed by atoms with Crippen molar-refractivity contribution < 1.29 is 4.79 Å². The average molecular weight is 337 g/mol. The molecule has 0 spiro atoms. The Kier molecular flexibility index (Phi) is 4.63. The van der Waals surface area contributed by atoms with Crippen molar-refractivity contribution >= 4 is 23.5 Å². The maximum atomic E-state index is 12.3. The molecule has 0 aliphatic carbocycles. The van der Waals surface area contributed by atoms with E-state index in [4.69, 9.17) is 11.6 Å². The fraction of sp³-hybridized carbons (Fsp3) is 0.100. The van der Waals surface area contributed by atoms with Crippen LogP contribution in [0.3, 0.4) is 0 Å². The van der Waals surface area contributed by atoms with Crippen LogP contribution in [0.1, 0.15) is 27.2 Å². The summed E-state index contributed by atoms with van der Waals surface area (Å²) in [6.07, 6.45) is 3.27. The quantitative estimate of drug-likeness (QED) is 0.494. The first-order valence-corrected chi connectivity index (χ1v) is 8.03. The zero-order chi connectivity index (χ0) is 17.1. The van der Waals surface area contributed by atoms with Gasteiger partial charge < -0.3 is 0 Å². The van der Waals surface area contributed by atoms with E-state index < -0.39 is 0 Å². The number of halogens is 1. The van der Waals surface area contributed by atoms with Crippen LogP contribution in [0.2, 0.25) is 5.15 Å². The van der Waals surface area contributed by atoms with Gasteiger partial charge in [0.05, 0.1) is 11.4 Å². The number of rotatable bonds is 4. The van der Waals surface area contributed by atoms with E-state index in [2.05, 4.69) is 5.10 Å². The van der Waals surface area contributed by atoms with Crippen molar-refractivity contribution in [1.29, 1.82) is 0 Å². The van der Waals surface area contributed by atoms with Crippen LogP contribution >= 0.6 is 11.6 Å². The fourth-order valence-electron chi connectivity index (χ4n) is 2.41. The third kappa shape index (κ3) is 3.31. The highest BCUT2D eigenvalue weighted by Gasteiger charge is 2.12. The van der Waals surface area contributed by atoms with E-state index in [0.29, 0.717) is 10.7 Å². The Morgan fingerprint density at radius 3 is 2.38 bits per heavy atom. The maximum absolute atomic E-state index is 12.3. The summed E-state index contributed by atoms with van der Waals surface area (Å²) in [7, 11) is 0. The molecule has 1 aromatic heterocycles. The number of para-hydroxylation sites is 1. The molecule has 3 nitrogen and oxygen atoms in total. The molecule has 0 aliphatic heterocycles. The molecule has 1 heterocycles. The van der Waals surface area contributed by atoms with Crippen LogP contribution in [0.5, 0.6) is 0 Å². The smallest absolute Gasteiger partial charge is 0.185 e. The highest BCUT2D eigenvalue weighted by Crippen LogP contribution is 2.24.